The van der Waals surface area contributed by atoms with Crippen LogP contribution in [0.1, 0.15) is 34.1 Å². The fourth-order valence-electron chi connectivity index (χ4n) is 6.26. The molecular weight excluding hydrogens is 551 g/mol. The van der Waals surface area contributed by atoms with Crippen LogP contribution in [0.2, 0.25) is 0 Å². The Balaban J connectivity index is 1.19. The van der Waals surface area contributed by atoms with Gasteiger partial charge in [-0.1, -0.05) is 24.3 Å². The number of halogens is 2. The lowest BCUT2D eigenvalue weighted by Crippen LogP contribution is -2.43. The van der Waals surface area contributed by atoms with Crippen molar-refractivity contribution in [1.82, 2.24) is 5.32 Å². The summed E-state index contributed by atoms with van der Waals surface area (Å²) in [6.45, 7) is 5.33. The van der Waals surface area contributed by atoms with Gasteiger partial charge in [-0.15, -0.1) is 34.5 Å². The molecule has 0 spiro atoms. The second-order valence-corrected chi connectivity index (χ2v) is 12.0. The van der Waals surface area contributed by atoms with Crippen LogP contribution in [0.15, 0.2) is 41.8 Å². The molecule has 2 amide bonds. The lowest BCUT2D eigenvalue weighted by atomic mass is 9.95. The Morgan fingerprint density at radius 2 is 1.51 bits per heavy atom. The number of nitrogen functional groups attached to an aromatic ring is 1. The number of alkyl halides is 2. The van der Waals surface area contributed by atoms with Crippen molar-refractivity contribution >= 4 is 84.3 Å². The number of nitrogens with one attached hydrogen (secondary N) is 1. The minimum atomic E-state index is -0.113. The zero-order chi connectivity index (χ0) is 27.4. The predicted octanol–water partition coefficient (Wildman–Crippen LogP) is 5.88. The van der Waals surface area contributed by atoms with Crippen molar-refractivity contribution in [2.24, 2.45) is 0 Å². The summed E-state index contributed by atoms with van der Waals surface area (Å²) in [4.78, 5) is 30.3. The molecule has 4 aromatic rings. The molecule has 9 heteroatoms. The van der Waals surface area contributed by atoms with Crippen LogP contribution < -0.4 is 20.9 Å². The van der Waals surface area contributed by atoms with Gasteiger partial charge in [0.2, 0.25) is 11.8 Å². The van der Waals surface area contributed by atoms with Crippen LogP contribution in [-0.2, 0) is 9.59 Å². The lowest BCUT2D eigenvalue weighted by Gasteiger charge is -2.21. The molecule has 0 unspecified atom stereocenters. The summed E-state index contributed by atoms with van der Waals surface area (Å²) in [5.41, 5.74) is 13.3. The third-order valence-corrected chi connectivity index (χ3v) is 10.0. The minimum absolute atomic E-state index is 0.0203. The quantitative estimate of drug-likeness (QED) is 0.220. The first kappa shape index (κ1) is 26.4. The van der Waals surface area contributed by atoms with Crippen LogP contribution in [0.5, 0.6) is 0 Å². The van der Waals surface area contributed by atoms with E-state index in [1.807, 2.05) is 35.2 Å². The number of rotatable bonds is 6. The van der Waals surface area contributed by atoms with Crippen molar-refractivity contribution in [2.75, 3.05) is 53.5 Å². The van der Waals surface area contributed by atoms with E-state index in [4.69, 9.17) is 28.9 Å². The SMILES string of the molecule is Cc1cc2c(c3c(C)csc13)[C@H](CCl)CN2C(=O)CNCC(=O)N1C[C@@H](CCl)c2c1cc(N)c1ccccc21. The van der Waals surface area contributed by atoms with E-state index in [0.29, 0.717) is 30.5 Å². The van der Waals surface area contributed by atoms with E-state index in [1.54, 1.807) is 16.2 Å². The summed E-state index contributed by atoms with van der Waals surface area (Å²) in [6.07, 6.45) is 0. The minimum Gasteiger partial charge on any atom is -0.398 e. The number of carbonyl (C=O) groups is 2. The van der Waals surface area contributed by atoms with Gasteiger partial charge in [0.25, 0.3) is 0 Å². The van der Waals surface area contributed by atoms with E-state index >= 15 is 0 Å². The molecule has 3 N–H and O–H groups in total. The van der Waals surface area contributed by atoms with Crippen molar-refractivity contribution in [2.45, 2.75) is 25.7 Å². The van der Waals surface area contributed by atoms with Gasteiger partial charge in [0.15, 0.2) is 0 Å². The molecule has 0 aliphatic carbocycles. The van der Waals surface area contributed by atoms with E-state index in [2.05, 4.69) is 30.6 Å². The molecule has 0 bridgehead atoms. The summed E-state index contributed by atoms with van der Waals surface area (Å²) in [6, 6.07) is 11.9. The number of anilines is 3. The van der Waals surface area contributed by atoms with Crippen LogP contribution in [0.25, 0.3) is 20.9 Å². The second-order valence-electron chi connectivity index (χ2n) is 10.5. The third kappa shape index (κ3) is 4.27. The number of fused-ring (bicyclic) bond motifs is 6. The third-order valence-electron chi connectivity index (χ3n) is 8.06. The normalized spacial score (nSPS) is 18.3. The number of aryl methyl sites for hydroxylation is 2. The van der Waals surface area contributed by atoms with Crippen LogP contribution in [0.4, 0.5) is 17.1 Å². The Kier molecular flexibility index (Phi) is 6.96. The Hall–Kier alpha value is -2.84. The summed E-state index contributed by atoms with van der Waals surface area (Å²) in [5, 5.41) is 8.50. The largest absolute Gasteiger partial charge is 0.398 e. The Labute approximate surface area is 241 Å². The highest BCUT2D eigenvalue weighted by atomic mass is 35.5. The molecule has 1 aromatic heterocycles. The molecule has 0 fully saturated rings. The van der Waals surface area contributed by atoms with Crippen molar-refractivity contribution < 1.29 is 9.59 Å². The zero-order valence-corrected chi connectivity index (χ0v) is 24.2. The summed E-state index contributed by atoms with van der Waals surface area (Å²) in [7, 11) is 0. The van der Waals surface area contributed by atoms with E-state index < -0.39 is 0 Å². The Morgan fingerprint density at radius 1 is 0.923 bits per heavy atom. The molecule has 202 valence electrons. The van der Waals surface area contributed by atoms with Gasteiger partial charge in [0, 0.05) is 69.2 Å². The second kappa shape index (κ2) is 10.3. The average Bonchev–Trinajstić information content (AvgIpc) is 3.62. The van der Waals surface area contributed by atoms with Gasteiger partial charge in [-0.3, -0.25) is 14.9 Å². The molecule has 6 rings (SSSR count). The standard InChI is InChI=1S/C30H30Cl2N4O2S/c1-16-7-23-29(27-17(2)15-39-30(16)27)19(10-32)14-35(23)25(37)11-34-12-26(38)36-13-18(9-31)28-21-6-4-3-5-20(21)22(33)8-24(28)36/h3-8,15,18-19,34H,9-14,33H2,1-2H3/t18-,19-/m1/s1. The maximum absolute atomic E-state index is 13.4. The molecule has 6 nitrogen and oxygen atoms in total. The number of hydrogen-bond acceptors (Lipinski definition) is 5. The van der Waals surface area contributed by atoms with Crippen LogP contribution >= 0.6 is 34.5 Å². The molecular formula is C30H30Cl2N4O2S. The maximum atomic E-state index is 13.4. The van der Waals surface area contributed by atoms with Gasteiger partial charge < -0.3 is 15.5 Å². The monoisotopic (exact) mass is 580 g/mol. The highest BCUT2D eigenvalue weighted by Crippen LogP contribution is 2.46. The van der Waals surface area contributed by atoms with Gasteiger partial charge in [-0.05, 0) is 59.0 Å². The topological polar surface area (TPSA) is 78.7 Å². The number of thiophene rings is 1. The predicted molar refractivity (Wildman–Crippen MR) is 164 cm³/mol. The number of benzene rings is 3. The van der Waals surface area contributed by atoms with Crippen molar-refractivity contribution in [3.8, 4) is 0 Å². The fourth-order valence-corrected chi connectivity index (χ4v) is 7.81. The molecule has 0 saturated heterocycles. The first-order chi connectivity index (χ1) is 18.8. The Bertz CT molecular complexity index is 1630. The molecule has 2 aliphatic rings. The number of nitrogens with zero attached hydrogens (tertiary/aromatic N) is 2. The van der Waals surface area contributed by atoms with E-state index in [-0.39, 0.29) is 36.7 Å². The van der Waals surface area contributed by atoms with Gasteiger partial charge in [-0.2, -0.15) is 0 Å². The zero-order valence-electron chi connectivity index (χ0n) is 21.9. The lowest BCUT2D eigenvalue weighted by molar-refractivity contribution is -0.118. The average molecular weight is 582 g/mol. The van der Waals surface area contributed by atoms with Crippen LogP contribution in [-0.4, -0.2) is 49.8 Å². The van der Waals surface area contributed by atoms with Crippen LogP contribution in [0, 0.1) is 13.8 Å². The molecule has 2 aliphatic heterocycles. The van der Waals surface area contributed by atoms with Crippen molar-refractivity contribution in [3.05, 3.63) is 64.0 Å². The summed E-state index contributed by atoms with van der Waals surface area (Å²) < 4.78 is 1.26. The molecule has 3 heterocycles. The fraction of sp³-hybridized carbons (Fsp3) is 0.333. The molecule has 2 atom stereocenters. The molecule has 0 radical (unpaired) electrons. The van der Waals surface area contributed by atoms with E-state index in [1.165, 1.54) is 21.2 Å². The van der Waals surface area contributed by atoms with Gasteiger partial charge in [0.1, 0.15) is 0 Å². The van der Waals surface area contributed by atoms with Gasteiger partial charge >= 0.3 is 0 Å². The molecule has 3 aromatic carbocycles. The van der Waals surface area contributed by atoms with Crippen LogP contribution in [0.3, 0.4) is 0 Å². The van der Waals surface area contributed by atoms with Crippen molar-refractivity contribution in [1.29, 1.82) is 0 Å². The van der Waals surface area contributed by atoms with E-state index in [9.17, 15) is 9.59 Å². The van der Waals surface area contributed by atoms with E-state index in [0.717, 1.165) is 33.3 Å². The first-order valence-corrected chi connectivity index (χ1v) is 15.0. The highest BCUT2D eigenvalue weighted by Gasteiger charge is 2.36. The molecule has 0 saturated carbocycles. The summed E-state index contributed by atoms with van der Waals surface area (Å²) in [5.74, 6) is 0.773. The summed E-state index contributed by atoms with van der Waals surface area (Å²) >= 11 is 14.5. The van der Waals surface area contributed by atoms with Crippen molar-refractivity contribution in [3.63, 3.8) is 0 Å². The highest BCUT2D eigenvalue weighted by molar-refractivity contribution is 7.17. The number of nitrogens with two attached hydrogens (primary N) is 1. The number of amides is 2. The number of carbonyl (C=O) groups excluding carboxylic acids is 2. The van der Waals surface area contributed by atoms with Gasteiger partial charge in [-0.25, -0.2) is 0 Å². The molecule has 39 heavy (non-hydrogen) atoms. The Morgan fingerprint density at radius 3 is 2.15 bits per heavy atom. The maximum Gasteiger partial charge on any atom is 0.240 e. The number of hydrogen-bond donors (Lipinski definition) is 2. The first-order valence-electron chi connectivity index (χ1n) is 13.1. The van der Waals surface area contributed by atoms with Gasteiger partial charge in [0.05, 0.1) is 13.1 Å². The smallest absolute Gasteiger partial charge is 0.240 e.